The minimum absolute atomic E-state index is 0.0758. The Kier molecular flexibility index (Phi) is 5.15. The van der Waals surface area contributed by atoms with Gasteiger partial charge in [0.15, 0.2) is 11.6 Å². The Bertz CT molecular complexity index is 638. The summed E-state index contributed by atoms with van der Waals surface area (Å²) in [6, 6.07) is 0. The number of nitrogens with one attached hydrogen (secondary N) is 2. The van der Waals surface area contributed by atoms with Crippen LogP contribution in [0.2, 0.25) is 0 Å². The largest absolute Gasteiger partial charge is 0.395 e. The van der Waals surface area contributed by atoms with Crippen molar-refractivity contribution < 1.29 is 13.9 Å². The summed E-state index contributed by atoms with van der Waals surface area (Å²) in [6.45, 7) is -0.330. The van der Waals surface area contributed by atoms with Gasteiger partial charge >= 0.3 is 0 Å². The number of hydrogen-bond donors (Lipinski definition) is 3. The lowest BCUT2D eigenvalue weighted by atomic mass is 10.3. The summed E-state index contributed by atoms with van der Waals surface area (Å²) in [5, 5.41) is 14.4. The van der Waals surface area contributed by atoms with E-state index in [-0.39, 0.29) is 19.0 Å². The molecule has 0 atom stereocenters. The standard InChI is InChI=1S/C12H17F2N7O/c1-21(2)12-19-9-8(11(20-12)16-5-7(13)14)17-6-18-10(9)15-3-4-22/h6-7,22H,3-5H2,1-2H3,(H,15,17,18)(H,16,19,20). The average molecular weight is 313 g/mol. The summed E-state index contributed by atoms with van der Waals surface area (Å²) in [5.74, 6) is 0.958. The summed E-state index contributed by atoms with van der Waals surface area (Å²) in [7, 11) is 3.48. The molecule has 2 aromatic heterocycles. The highest BCUT2D eigenvalue weighted by Gasteiger charge is 2.15. The van der Waals surface area contributed by atoms with E-state index in [9.17, 15) is 8.78 Å². The van der Waals surface area contributed by atoms with E-state index < -0.39 is 13.0 Å². The van der Waals surface area contributed by atoms with E-state index >= 15 is 0 Å². The van der Waals surface area contributed by atoms with Crippen molar-refractivity contribution in [3.63, 3.8) is 0 Å². The van der Waals surface area contributed by atoms with Crippen molar-refractivity contribution in [1.82, 2.24) is 19.9 Å². The monoisotopic (exact) mass is 313 g/mol. The maximum absolute atomic E-state index is 12.4. The molecular formula is C12H17F2N7O. The van der Waals surface area contributed by atoms with Crippen molar-refractivity contribution in [2.45, 2.75) is 6.43 Å². The molecule has 0 amide bonds. The van der Waals surface area contributed by atoms with Gasteiger partial charge in [-0.3, -0.25) is 0 Å². The second kappa shape index (κ2) is 7.07. The molecule has 2 aromatic rings. The first-order valence-corrected chi connectivity index (χ1v) is 6.59. The van der Waals surface area contributed by atoms with Crippen LogP contribution in [0.5, 0.6) is 0 Å². The number of rotatable bonds is 7. The Morgan fingerprint density at radius 2 is 1.91 bits per heavy atom. The van der Waals surface area contributed by atoms with Crippen LogP contribution in [0.1, 0.15) is 0 Å². The van der Waals surface area contributed by atoms with Crippen LogP contribution in [-0.4, -0.2) is 65.3 Å². The molecule has 0 aliphatic heterocycles. The van der Waals surface area contributed by atoms with Gasteiger partial charge in [-0.25, -0.2) is 23.7 Å². The van der Waals surface area contributed by atoms with Crippen LogP contribution in [0.15, 0.2) is 6.33 Å². The van der Waals surface area contributed by atoms with E-state index in [1.807, 2.05) is 0 Å². The maximum Gasteiger partial charge on any atom is 0.255 e. The number of nitrogens with zero attached hydrogens (tertiary/aromatic N) is 5. The number of alkyl halides is 2. The Morgan fingerprint density at radius 1 is 1.14 bits per heavy atom. The van der Waals surface area contributed by atoms with Gasteiger partial charge in [0.05, 0.1) is 13.2 Å². The Hall–Kier alpha value is -2.36. The predicted molar refractivity (Wildman–Crippen MR) is 79.5 cm³/mol. The molecule has 0 saturated carbocycles. The van der Waals surface area contributed by atoms with Crippen LogP contribution < -0.4 is 15.5 Å². The molecule has 0 fully saturated rings. The van der Waals surface area contributed by atoms with Crippen LogP contribution in [0.4, 0.5) is 26.4 Å². The molecule has 0 saturated heterocycles. The first-order chi connectivity index (χ1) is 10.5. The van der Waals surface area contributed by atoms with Crippen LogP contribution >= 0.6 is 0 Å². The molecule has 3 N–H and O–H groups in total. The number of fused-ring (bicyclic) bond motifs is 1. The lowest BCUT2D eigenvalue weighted by molar-refractivity contribution is 0.163. The molecule has 120 valence electrons. The zero-order chi connectivity index (χ0) is 16.1. The number of hydrogen-bond acceptors (Lipinski definition) is 8. The highest BCUT2D eigenvalue weighted by atomic mass is 19.3. The molecule has 0 aliphatic rings. The maximum atomic E-state index is 12.4. The van der Waals surface area contributed by atoms with E-state index in [4.69, 9.17) is 5.11 Å². The summed E-state index contributed by atoms with van der Waals surface area (Å²) >= 11 is 0. The third kappa shape index (κ3) is 3.64. The molecule has 0 unspecified atom stereocenters. The third-order valence-electron chi connectivity index (χ3n) is 2.70. The molecule has 0 spiro atoms. The normalized spacial score (nSPS) is 11.0. The average Bonchev–Trinajstić information content (AvgIpc) is 2.50. The fraction of sp³-hybridized carbons (Fsp3) is 0.500. The van der Waals surface area contributed by atoms with Crippen molar-refractivity contribution in [3.8, 4) is 0 Å². The number of halogens is 2. The molecule has 0 aliphatic carbocycles. The van der Waals surface area contributed by atoms with Gasteiger partial charge in [0.2, 0.25) is 5.95 Å². The van der Waals surface area contributed by atoms with Gasteiger partial charge in [-0.05, 0) is 0 Å². The predicted octanol–water partition coefficient (Wildman–Crippen LogP) is 0.567. The molecule has 10 heteroatoms. The number of aliphatic hydroxyl groups is 1. The molecule has 22 heavy (non-hydrogen) atoms. The second-order valence-electron chi connectivity index (χ2n) is 4.61. The van der Waals surface area contributed by atoms with Crippen molar-refractivity contribution in [1.29, 1.82) is 0 Å². The lowest BCUT2D eigenvalue weighted by Crippen LogP contribution is -2.18. The van der Waals surface area contributed by atoms with Gasteiger partial charge in [0, 0.05) is 20.6 Å². The SMILES string of the molecule is CN(C)c1nc(NCC(F)F)c2ncnc(NCCO)c2n1. The molecule has 0 radical (unpaired) electrons. The minimum Gasteiger partial charge on any atom is -0.395 e. The van der Waals surface area contributed by atoms with Crippen molar-refractivity contribution >= 4 is 28.6 Å². The lowest BCUT2D eigenvalue weighted by Gasteiger charge is -2.15. The van der Waals surface area contributed by atoms with Crippen molar-refractivity contribution in [2.75, 3.05) is 49.3 Å². The zero-order valence-electron chi connectivity index (χ0n) is 12.2. The van der Waals surface area contributed by atoms with Crippen molar-refractivity contribution in [3.05, 3.63) is 6.33 Å². The van der Waals surface area contributed by atoms with Crippen LogP contribution in [0.25, 0.3) is 11.0 Å². The topological polar surface area (TPSA) is 99.1 Å². The molecule has 0 aromatic carbocycles. The van der Waals surface area contributed by atoms with E-state index in [2.05, 4.69) is 30.6 Å². The van der Waals surface area contributed by atoms with Gasteiger partial charge < -0.3 is 20.6 Å². The first-order valence-electron chi connectivity index (χ1n) is 6.59. The van der Waals surface area contributed by atoms with E-state index in [1.54, 1.807) is 19.0 Å². The first kappa shape index (κ1) is 16.0. The van der Waals surface area contributed by atoms with Crippen LogP contribution in [0, 0.1) is 0 Å². The fourth-order valence-electron chi connectivity index (χ4n) is 1.74. The smallest absolute Gasteiger partial charge is 0.255 e. The third-order valence-corrected chi connectivity index (χ3v) is 2.70. The van der Waals surface area contributed by atoms with E-state index in [1.165, 1.54) is 6.33 Å². The Labute approximate surface area is 125 Å². The van der Waals surface area contributed by atoms with Gasteiger partial charge in [-0.2, -0.15) is 4.98 Å². The summed E-state index contributed by atoms with van der Waals surface area (Å²) in [6.07, 6.45) is -1.23. The van der Waals surface area contributed by atoms with Gasteiger partial charge in [0.1, 0.15) is 17.4 Å². The Morgan fingerprint density at radius 3 is 2.55 bits per heavy atom. The highest BCUT2D eigenvalue weighted by molar-refractivity contribution is 5.93. The molecule has 2 rings (SSSR count). The van der Waals surface area contributed by atoms with E-state index in [0.29, 0.717) is 22.8 Å². The van der Waals surface area contributed by atoms with Crippen LogP contribution in [-0.2, 0) is 0 Å². The van der Waals surface area contributed by atoms with Gasteiger partial charge in [-0.15, -0.1) is 0 Å². The second-order valence-corrected chi connectivity index (χ2v) is 4.61. The van der Waals surface area contributed by atoms with E-state index in [0.717, 1.165) is 0 Å². The van der Waals surface area contributed by atoms with Crippen molar-refractivity contribution in [2.24, 2.45) is 0 Å². The number of aliphatic hydroxyl groups excluding tert-OH is 1. The molecular weight excluding hydrogens is 296 g/mol. The number of aromatic nitrogens is 4. The highest BCUT2D eigenvalue weighted by Crippen LogP contribution is 2.25. The van der Waals surface area contributed by atoms with Gasteiger partial charge in [0.25, 0.3) is 6.43 Å². The Balaban J connectivity index is 2.51. The minimum atomic E-state index is -2.51. The summed E-state index contributed by atoms with van der Waals surface area (Å²) < 4.78 is 24.9. The molecule has 2 heterocycles. The molecule has 8 nitrogen and oxygen atoms in total. The van der Waals surface area contributed by atoms with Gasteiger partial charge in [-0.1, -0.05) is 0 Å². The number of anilines is 3. The zero-order valence-corrected chi connectivity index (χ0v) is 12.2. The quantitative estimate of drug-likeness (QED) is 0.682. The molecule has 0 bridgehead atoms. The fourth-order valence-corrected chi connectivity index (χ4v) is 1.74. The summed E-state index contributed by atoms with van der Waals surface area (Å²) in [5.41, 5.74) is 0.730. The summed E-state index contributed by atoms with van der Waals surface area (Å²) in [4.78, 5) is 18.3. The van der Waals surface area contributed by atoms with Crippen LogP contribution in [0.3, 0.4) is 0 Å².